The third-order valence-corrected chi connectivity index (χ3v) is 2.53. The fourth-order valence-corrected chi connectivity index (χ4v) is 1.72. The van der Waals surface area contributed by atoms with Crippen LogP contribution in [-0.2, 0) is 6.18 Å². The molecule has 0 aliphatic heterocycles. The summed E-state index contributed by atoms with van der Waals surface area (Å²) in [6.45, 7) is 2.15. The molecule has 0 aliphatic carbocycles. The van der Waals surface area contributed by atoms with Crippen LogP contribution >= 0.6 is 0 Å². The maximum atomic E-state index is 12.8. The van der Waals surface area contributed by atoms with Gasteiger partial charge in [-0.1, -0.05) is 25.0 Å². The SMILES string of the molecule is C#CCN(CCC)C(=O)c1ccccc1C(F)(F)F. The van der Waals surface area contributed by atoms with Gasteiger partial charge in [-0.05, 0) is 18.6 Å². The second-order valence-electron chi connectivity index (χ2n) is 3.97. The molecule has 102 valence electrons. The Morgan fingerprint density at radius 2 is 2.00 bits per heavy atom. The molecule has 0 unspecified atom stereocenters. The lowest BCUT2D eigenvalue weighted by Crippen LogP contribution is -2.33. The minimum Gasteiger partial charge on any atom is -0.328 e. The van der Waals surface area contributed by atoms with Crippen molar-refractivity contribution in [1.82, 2.24) is 4.90 Å². The number of hydrogen-bond donors (Lipinski definition) is 0. The topological polar surface area (TPSA) is 20.3 Å². The molecule has 0 spiro atoms. The molecule has 0 saturated carbocycles. The first-order valence-electron chi connectivity index (χ1n) is 5.80. The Labute approximate surface area is 110 Å². The highest BCUT2D eigenvalue weighted by atomic mass is 19.4. The van der Waals surface area contributed by atoms with E-state index in [0.717, 1.165) is 6.07 Å². The summed E-state index contributed by atoms with van der Waals surface area (Å²) >= 11 is 0. The second kappa shape index (κ2) is 6.28. The normalized spacial score (nSPS) is 10.9. The minimum absolute atomic E-state index is 0.00113. The van der Waals surface area contributed by atoms with Crippen molar-refractivity contribution in [3.63, 3.8) is 0 Å². The maximum Gasteiger partial charge on any atom is 0.417 e. The van der Waals surface area contributed by atoms with Crippen LogP contribution in [0.4, 0.5) is 13.2 Å². The smallest absolute Gasteiger partial charge is 0.328 e. The Kier molecular flexibility index (Phi) is 4.99. The van der Waals surface area contributed by atoms with Gasteiger partial charge in [-0.3, -0.25) is 4.79 Å². The van der Waals surface area contributed by atoms with E-state index in [1.807, 2.05) is 6.92 Å². The zero-order chi connectivity index (χ0) is 14.5. The summed E-state index contributed by atoms with van der Waals surface area (Å²) in [4.78, 5) is 13.4. The van der Waals surface area contributed by atoms with Crippen LogP contribution in [0, 0.1) is 12.3 Å². The Morgan fingerprint density at radius 1 is 1.37 bits per heavy atom. The van der Waals surface area contributed by atoms with Gasteiger partial charge in [0.25, 0.3) is 5.91 Å². The quantitative estimate of drug-likeness (QED) is 0.769. The first-order chi connectivity index (χ1) is 8.91. The van der Waals surface area contributed by atoms with Crippen molar-refractivity contribution in [2.24, 2.45) is 0 Å². The molecule has 0 bridgehead atoms. The molecular formula is C14H14F3NO. The molecule has 1 rings (SSSR count). The van der Waals surface area contributed by atoms with Crippen LogP contribution in [0.15, 0.2) is 24.3 Å². The standard InChI is InChI=1S/C14H14F3NO/c1-3-9-18(10-4-2)13(19)11-7-5-6-8-12(11)14(15,16)17/h1,5-8H,4,9-10H2,2H3. The number of hydrogen-bond acceptors (Lipinski definition) is 1. The molecule has 1 aromatic carbocycles. The molecule has 0 N–H and O–H groups in total. The van der Waals surface area contributed by atoms with Crippen molar-refractivity contribution in [2.45, 2.75) is 19.5 Å². The molecule has 2 nitrogen and oxygen atoms in total. The Balaban J connectivity index is 3.15. The number of carbonyl (C=O) groups is 1. The predicted molar refractivity (Wildman–Crippen MR) is 66.5 cm³/mol. The number of rotatable bonds is 4. The number of halogens is 3. The van der Waals surface area contributed by atoms with Crippen molar-refractivity contribution in [3.05, 3.63) is 35.4 Å². The van der Waals surface area contributed by atoms with Gasteiger partial charge in [0.15, 0.2) is 0 Å². The molecule has 0 fully saturated rings. The number of nitrogens with zero attached hydrogens (tertiary/aromatic N) is 1. The van der Waals surface area contributed by atoms with Crippen LogP contribution in [0.3, 0.4) is 0 Å². The zero-order valence-corrected chi connectivity index (χ0v) is 10.5. The van der Waals surface area contributed by atoms with Gasteiger partial charge in [0.2, 0.25) is 0 Å². The van der Waals surface area contributed by atoms with E-state index >= 15 is 0 Å². The van der Waals surface area contributed by atoms with Crippen LogP contribution in [0.5, 0.6) is 0 Å². The molecule has 0 aliphatic rings. The molecular weight excluding hydrogens is 255 g/mol. The van der Waals surface area contributed by atoms with Gasteiger partial charge in [-0.25, -0.2) is 0 Å². The summed E-state index contributed by atoms with van der Waals surface area (Å²) < 4.78 is 38.5. The van der Waals surface area contributed by atoms with Crippen LogP contribution < -0.4 is 0 Å². The fraction of sp³-hybridized carbons (Fsp3) is 0.357. The van der Waals surface area contributed by atoms with Crippen molar-refractivity contribution in [2.75, 3.05) is 13.1 Å². The highest BCUT2D eigenvalue weighted by Gasteiger charge is 2.35. The zero-order valence-electron chi connectivity index (χ0n) is 10.5. The third-order valence-electron chi connectivity index (χ3n) is 2.53. The lowest BCUT2D eigenvalue weighted by atomic mass is 10.1. The largest absolute Gasteiger partial charge is 0.417 e. The van der Waals surface area contributed by atoms with Crippen molar-refractivity contribution in [1.29, 1.82) is 0 Å². The Bertz CT molecular complexity index is 488. The lowest BCUT2D eigenvalue weighted by Gasteiger charge is -2.21. The van der Waals surface area contributed by atoms with E-state index < -0.39 is 17.6 Å². The summed E-state index contributed by atoms with van der Waals surface area (Å²) in [5.41, 5.74) is -1.29. The van der Waals surface area contributed by atoms with Gasteiger partial charge in [0, 0.05) is 6.54 Å². The number of carbonyl (C=O) groups excluding carboxylic acids is 1. The molecule has 5 heteroatoms. The molecule has 0 saturated heterocycles. The van der Waals surface area contributed by atoms with E-state index in [2.05, 4.69) is 5.92 Å². The van der Waals surface area contributed by atoms with E-state index in [0.29, 0.717) is 13.0 Å². The Hall–Kier alpha value is -1.96. The minimum atomic E-state index is -4.56. The van der Waals surface area contributed by atoms with Crippen LogP contribution in [0.2, 0.25) is 0 Å². The number of amides is 1. The van der Waals surface area contributed by atoms with Gasteiger partial charge >= 0.3 is 6.18 Å². The van der Waals surface area contributed by atoms with E-state index in [-0.39, 0.29) is 12.1 Å². The monoisotopic (exact) mass is 269 g/mol. The average molecular weight is 269 g/mol. The summed E-state index contributed by atoms with van der Waals surface area (Å²) in [6, 6.07) is 4.73. The van der Waals surface area contributed by atoms with Crippen molar-refractivity contribution < 1.29 is 18.0 Å². The number of benzene rings is 1. The van der Waals surface area contributed by atoms with Gasteiger partial charge in [-0.15, -0.1) is 6.42 Å². The number of terminal acetylenes is 1. The summed E-state index contributed by atoms with van der Waals surface area (Å²) in [7, 11) is 0. The van der Waals surface area contributed by atoms with Crippen LogP contribution in [-0.4, -0.2) is 23.9 Å². The molecule has 0 heterocycles. The summed E-state index contributed by atoms with van der Waals surface area (Å²) in [6.07, 6.45) is 1.20. The highest BCUT2D eigenvalue weighted by molar-refractivity contribution is 5.96. The molecule has 0 atom stereocenters. The fourth-order valence-electron chi connectivity index (χ4n) is 1.72. The van der Waals surface area contributed by atoms with E-state index in [1.165, 1.54) is 23.1 Å². The number of alkyl halides is 3. The maximum absolute atomic E-state index is 12.8. The second-order valence-corrected chi connectivity index (χ2v) is 3.97. The van der Waals surface area contributed by atoms with Crippen molar-refractivity contribution >= 4 is 5.91 Å². The first-order valence-corrected chi connectivity index (χ1v) is 5.80. The molecule has 19 heavy (non-hydrogen) atoms. The highest BCUT2D eigenvalue weighted by Crippen LogP contribution is 2.32. The van der Waals surface area contributed by atoms with Gasteiger partial charge in [-0.2, -0.15) is 13.2 Å². The average Bonchev–Trinajstić information content (AvgIpc) is 2.37. The molecule has 0 aromatic heterocycles. The van der Waals surface area contributed by atoms with E-state index in [9.17, 15) is 18.0 Å². The van der Waals surface area contributed by atoms with E-state index in [4.69, 9.17) is 6.42 Å². The van der Waals surface area contributed by atoms with Gasteiger partial charge in [0.1, 0.15) is 0 Å². The lowest BCUT2D eigenvalue weighted by molar-refractivity contribution is -0.138. The van der Waals surface area contributed by atoms with Crippen LogP contribution in [0.1, 0.15) is 29.3 Å². The Morgan fingerprint density at radius 3 is 2.53 bits per heavy atom. The predicted octanol–water partition coefficient (Wildman–Crippen LogP) is 3.19. The van der Waals surface area contributed by atoms with Crippen LogP contribution in [0.25, 0.3) is 0 Å². The van der Waals surface area contributed by atoms with E-state index in [1.54, 1.807) is 0 Å². The van der Waals surface area contributed by atoms with Crippen molar-refractivity contribution in [3.8, 4) is 12.3 Å². The molecule has 0 radical (unpaired) electrons. The van der Waals surface area contributed by atoms with Gasteiger partial charge in [0.05, 0.1) is 17.7 Å². The first kappa shape index (κ1) is 15.1. The van der Waals surface area contributed by atoms with Gasteiger partial charge < -0.3 is 4.90 Å². The summed E-state index contributed by atoms with van der Waals surface area (Å²) in [5.74, 6) is 1.60. The third kappa shape index (κ3) is 3.75. The molecule has 1 amide bonds. The summed E-state index contributed by atoms with van der Waals surface area (Å²) in [5, 5.41) is 0. The molecule has 1 aromatic rings.